The van der Waals surface area contributed by atoms with Gasteiger partial charge in [-0.15, -0.1) is 0 Å². The van der Waals surface area contributed by atoms with Crippen LogP contribution in [0, 0.1) is 6.92 Å². The molecule has 0 aliphatic carbocycles. The average molecular weight is 270 g/mol. The van der Waals surface area contributed by atoms with E-state index in [4.69, 9.17) is 4.74 Å². The van der Waals surface area contributed by atoms with Gasteiger partial charge in [0.2, 0.25) is 0 Å². The maximum atomic E-state index is 5.05. The molecule has 5 nitrogen and oxygen atoms in total. The van der Waals surface area contributed by atoms with E-state index < -0.39 is 0 Å². The van der Waals surface area contributed by atoms with Crippen LogP contribution in [0.4, 0.5) is 0 Å². The number of rotatable bonds is 4. The molecule has 0 fully saturated rings. The molecule has 0 saturated heterocycles. The standard InChI is InChI=1S/C15H18N4O/c1-11-9-18(2)14-5-4-12(8-13(11)14)15-16-10-19(17-15)6-7-20-3/h4-5,8-10H,6-7H2,1-3H3. The zero-order valence-electron chi connectivity index (χ0n) is 12.0. The molecule has 0 aliphatic rings. The van der Waals surface area contributed by atoms with E-state index in [2.05, 4.69) is 53.0 Å². The SMILES string of the molecule is COCCn1cnc(-c2ccc3c(c2)c(C)cn3C)n1. The molecule has 0 atom stereocenters. The number of methoxy groups -OCH3 is 1. The quantitative estimate of drug-likeness (QED) is 0.731. The van der Waals surface area contributed by atoms with Gasteiger partial charge in [-0.05, 0) is 30.7 Å². The van der Waals surface area contributed by atoms with Crippen molar-refractivity contribution < 1.29 is 4.74 Å². The van der Waals surface area contributed by atoms with Gasteiger partial charge in [-0.25, -0.2) is 4.98 Å². The van der Waals surface area contributed by atoms with Crippen molar-refractivity contribution >= 4 is 10.9 Å². The molecular formula is C15H18N4O. The van der Waals surface area contributed by atoms with Crippen LogP contribution in [0.2, 0.25) is 0 Å². The minimum absolute atomic E-state index is 0.639. The fourth-order valence-corrected chi connectivity index (χ4v) is 2.45. The molecule has 0 aliphatic heterocycles. The topological polar surface area (TPSA) is 44.9 Å². The third-order valence-electron chi connectivity index (χ3n) is 3.51. The molecule has 104 valence electrons. The molecule has 0 amide bonds. The number of ether oxygens (including phenoxy) is 1. The zero-order chi connectivity index (χ0) is 14.1. The van der Waals surface area contributed by atoms with Crippen LogP contribution in [0.25, 0.3) is 22.3 Å². The monoisotopic (exact) mass is 270 g/mol. The third-order valence-corrected chi connectivity index (χ3v) is 3.51. The summed E-state index contributed by atoms with van der Waals surface area (Å²) in [6, 6.07) is 6.34. The van der Waals surface area contributed by atoms with Crippen molar-refractivity contribution in [3.05, 3.63) is 36.3 Å². The van der Waals surface area contributed by atoms with Crippen molar-refractivity contribution in [1.82, 2.24) is 19.3 Å². The van der Waals surface area contributed by atoms with Crippen molar-refractivity contribution in [1.29, 1.82) is 0 Å². The van der Waals surface area contributed by atoms with Crippen molar-refractivity contribution in [2.75, 3.05) is 13.7 Å². The predicted molar refractivity (Wildman–Crippen MR) is 78.5 cm³/mol. The molecule has 0 unspecified atom stereocenters. The first-order chi connectivity index (χ1) is 9.69. The van der Waals surface area contributed by atoms with E-state index in [-0.39, 0.29) is 0 Å². The highest BCUT2D eigenvalue weighted by molar-refractivity contribution is 5.87. The number of benzene rings is 1. The highest BCUT2D eigenvalue weighted by atomic mass is 16.5. The van der Waals surface area contributed by atoms with Gasteiger partial charge in [-0.1, -0.05) is 0 Å². The summed E-state index contributed by atoms with van der Waals surface area (Å²) in [4.78, 5) is 4.37. The molecule has 0 radical (unpaired) electrons. The second-order valence-corrected chi connectivity index (χ2v) is 4.98. The van der Waals surface area contributed by atoms with Gasteiger partial charge in [-0.3, -0.25) is 4.68 Å². The van der Waals surface area contributed by atoms with E-state index in [0.717, 1.165) is 17.9 Å². The summed E-state index contributed by atoms with van der Waals surface area (Å²) in [5, 5.41) is 5.73. The Hall–Kier alpha value is -2.14. The summed E-state index contributed by atoms with van der Waals surface area (Å²) in [7, 11) is 3.75. The van der Waals surface area contributed by atoms with Crippen LogP contribution in [0.5, 0.6) is 0 Å². The predicted octanol–water partition coefficient (Wildman–Crippen LogP) is 2.39. The number of aryl methyl sites for hydroxylation is 2. The van der Waals surface area contributed by atoms with Gasteiger partial charge in [0.1, 0.15) is 6.33 Å². The van der Waals surface area contributed by atoms with E-state index in [0.29, 0.717) is 6.61 Å². The first-order valence-corrected chi connectivity index (χ1v) is 6.63. The normalized spacial score (nSPS) is 11.3. The van der Waals surface area contributed by atoms with Gasteiger partial charge in [0.05, 0.1) is 13.2 Å². The number of fused-ring (bicyclic) bond motifs is 1. The molecule has 2 aromatic heterocycles. The number of hydrogen-bond donors (Lipinski definition) is 0. The maximum absolute atomic E-state index is 5.05. The molecule has 1 aromatic carbocycles. The second kappa shape index (κ2) is 5.09. The summed E-state index contributed by atoms with van der Waals surface area (Å²) in [6.07, 6.45) is 3.88. The van der Waals surface area contributed by atoms with Crippen LogP contribution in [0.15, 0.2) is 30.7 Å². The molecule has 0 saturated carbocycles. The lowest BCUT2D eigenvalue weighted by Crippen LogP contribution is -2.04. The Balaban J connectivity index is 1.97. The van der Waals surface area contributed by atoms with Gasteiger partial charge in [0, 0.05) is 36.8 Å². The van der Waals surface area contributed by atoms with Crippen molar-refractivity contribution in [3.63, 3.8) is 0 Å². The first-order valence-electron chi connectivity index (χ1n) is 6.63. The van der Waals surface area contributed by atoms with E-state index in [1.807, 2.05) is 0 Å². The Labute approximate surface area is 117 Å². The van der Waals surface area contributed by atoms with Crippen molar-refractivity contribution in [3.8, 4) is 11.4 Å². The summed E-state index contributed by atoms with van der Waals surface area (Å²) < 4.78 is 8.99. The number of hydrogen-bond acceptors (Lipinski definition) is 3. The zero-order valence-corrected chi connectivity index (χ0v) is 12.0. The smallest absolute Gasteiger partial charge is 0.181 e. The fourth-order valence-electron chi connectivity index (χ4n) is 2.45. The molecule has 3 rings (SSSR count). The first kappa shape index (κ1) is 12.9. The number of nitrogens with zero attached hydrogens (tertiary/aromatic N) is 4. The van der Waals surface area contributed by atoms with Gasteiger partial charge >= 0.3 is 0 Å². The lowest BCUT2D eigenvalue weighted by atomic mass is 10.1. The van der Waals surface area contributed by atoms with Crippen LogP contribution in [0.1, 0.15) is 5.56 Å². The van der Waals surface area contributed by atoms with E-state index in [9.17, 15) is 0 Å². The molecular weight excluding hydrogens is 252 g/mol. The van der Waals surface area contributed by atoms with E-state index >= 15 is 0 Å². The van der Waals surface area contributed by atoms with Gasteiger partial charge in [0.25, 0.3) is 0 Å². The summed E-state index contributed by atoms with van der Waals surface area (Å²) >= 11 is 0. The third kappa shape index (κ3) is 2.20. The highest BCUT2D eigenvalue weighted by Gasteiger charge is 2.08. The van der Waals surface area contributed by atoms with E-state index in [1.54, 1.807) is 18.1 Å². The van der Waals surface area contributed by atoms with Gasteiger partial charge < -0.3 is 9.30 Å². The molecule has 0 spiro atoms. The van der Waals surface area contributed by atoms with Crippen LogP contribution >= 0.6 is 0 Å². The van der Waals surface area contributed by atoms with Crippen LogP contribution < -0.4 is 0 Å². The van der Waals surface area contributed by atoms with Crippen LogP contribution in [-0.2, 0) is 18.3 Å². The maximum Gasteiger partial charge on any atom is 0.181 e. The number of aromatic nitrogens is 4. The lowest BCUT2D eigenvalue weighted by Gasteiger charge is -2.00. The largest absolute Gasteiger partial charge is 0.383 e. The Morgan fingerprint density at radius 2 is 2.15 bits per heavy atom. The van der Waals surface area contributed by atoms with Crippen LogP contribution in [-0.4, -0.2) is 33.0 Å². The minimum Gasteiger partial charge on any atom is -0.383 e. The van der Waals surface area contributed by atoms with Crippen molar-refractivity contribution in [2.45, 2.75) is 13.5 Å². The fraction of sp³-hybridized carbons (Fsp3) is 0.333. The van der Waals surface area contributed by atoms with Gasteiger partial charge in [0.15, 0.2) is 5.82 Å². The second-order valence-electron chi connectivity index (χ2n) is 4.98. The molecule has 0 N–H and O–H groups in total. The van der Waals surface area contributed by atoms with Crippen molar-refractivity contribution in [2.24, 2.45) is 7.05 Å². The average Bonchev–Trinajstić information content (AvgIpc) is 3.02. The summed E-state index contributed by atoms with van der Waals surface area (Å²) in [6.45, 7) is 3.48. The Bertz CT molecular complexity index is 741. The highest BCUT2D eigenvalue weighted by Crippen LogP contribution is 2.25. The Morgan fingerprint density at radius 3 is 2.95 bits per heavy atom. The molecule has 5 heteroatoms. The van der Waals surface area contributed by atoms with Crippen LogP contribution in [0.3, 0.4) is 0 Å². The minimum atomic E-state index is 0.639. The van der Waals surface area contributed by atoms with E-state index in [1.165, 1.54) is 16.5 Å². The van der Waals surface area contributed by atoms with Gasteiger partial charge in [-0.2, -0.15) is 5.10 Å². The lowest BCUT2D eigenvalue weighted by molar-refractivity contribution is 0.183. The summed E-state index contributed by atoms with van der Waals surface area (Å²) in [5.74, 6) is 0.756. The molecule has 3 aromatic rings. The summed E-state index contributed by atoms with van der Waals surface area (Å²) in [5.41, 5.74) is 3.54. The molecule has 20 heavy (non-hydrogen) atoms. The molecule has 2 heterocycles. The Kier molecular flexibility index (Phi) is 3.28. The Morgan fingerprint density at radius 1 is 1.30 bits per heavy atom. The molecule has 0 bridgehead atoms.